The molecule has 31 heavy (non-hydrogen) atoms. The van der Waals surface area contributed by atoms with E-state index in [9.17, 15) is 4.79 Å². The van der Waals surface area contributed by atoms with E-state index in [-0.39, 0.29) is 5.91 Å². The third-order valence-corrected chi connectivity index (χ3v) is 6.16. The molecule has 1 saturated heterocycles. The van der Waals surface area contributed by atoms with Gasteiger partial charge in [0.15, 0.2) is 0 Å². The summed E-state index contributed by atoms with van der Waals surface area (Å²) in [4.78, 5) is 19.2. The van der Waals surface area contributed by atoms with Gasteiger partial charge in [-0.2, -0.15) is 0 Å². The Balaban J connectivity index is 1.35. The first kappa shape index (κ1) is 21.1. The molecule has 0 aliphatic carbocycles. The topological polar surface area (TPSA) is 85.2 Å². The predicted octanol–water partition coefficient (Wildman–Crippen LogP) is 3.93. The summed E-state index contributed by atoms with van der Waals surface area (Å²) in [5, 5.41) is 0. The van der Waals surface area contributed by atoms with Crippen molar-refractivity contribution < 1.29 is 4.79 Å². The van der Waals surface area contributed by atoms with Crippen molar-refractivity contribution in [3.05, 3.63) is 94.7 Å². The highest BCUT2D eigenvalue weighted by atomic mass is 16.2. The minimum Gasteiger partial charge on any atom is -0.384 e. The normalized spacial score (nSPS) is 14.5. The second kappa shape index (κ2) is 9.75. The van der Waals surface area contributed by atoms with E-state index in [2.05, 4.69) is 35.3 Å². The van der Waals surface area contributed by atoms with E-state index in [1.807, 2.05) is 41.4 Å². The number of carbonyl (C=O) groups excluding carboxylic acids is 1. The molecule has 0 spiro atoms. The molecule has 5 nitrogen and oxygen atoms in total. The Morgan fingerprint density at radius 2 is 1.68 bits per heavy atom. The zero-order chi connectivity index (χ0) is 21.6. The van der Waals surface area contributed by atoms with Crippen molar-refractivity contribution >= 4 is 11.7 Å². The molecule has 1 aromatic heterocycles. The van der Waals surface area contributed by atoms with Crippen LogP contribution in [0.4, 0.5) is 5.82 Å². The molecule has 1 fully saturated rings. The Hall–Kier alpha value is -3.18. The summed E-state index contributed by atoms with van der Waals surface area (Å²) < 4.78 is 0. The Labute approximate surface area is 184 Å². The number of pyridine rings is 1. The molecule has 0 atom stereocenters. The number of hydrogen-bond acceptors (Lipinski definition) is 4. The van der Waals surface area contributed by atoms with Crippen molar-refractivity contribution in [2.75, 3.05) is 18.8 Å². The van der Waals surface area contributed by atoms with Crippen molar-refractivity contribution in [3.63, 3.8) is 0 Å². The monoisotopic (exact) mass is 414 g/mol. The van der Waals surface area contributed by atoms with Gasteiger partial charge in [-0.1, -0.05) is 42.5 Å². The largest absolute Gasteiger partial charge is 0.384 e. The van der Waals surface area contributed by atoms with Gasteiger partial charge in [-0.3, -0.25) is 4.79 Å². The smallest absolute Gasteiger partial charge is 0.253 e. The van der Waals surface area contributed by atoms with Crippen LogP contribution in [0, 0.1) is 0 Å². The minimum atomic E-state index is 0.130. The van der Waals surface area contributed by atoms with Gasteiger partial charge in [0.2, 0.25) is 0 Å². The fourth-order valence-electron chi connectivity index (χ4n) is 4.30. The summed E-state index contributed by atoms with van der Waals surface area (Å²) in [7, 11) is 0. The zero-order valence-electron chi connectivity index (χ0n) is 17.8. The molecule has 0 radical (unpaired) electrons. The van der Waals surface area contributed by atoms with Gasteiger partial charge in [0.05, 0.1) is 0 Å². The number of nitrogens with two attached hydrogens (primary N) is 2. The summed E-state index contributed by atoms with van der Waals surface area (Å²) in [5.74, 6) is 1.16. The van der Waals surface area contributed by atoms with E-state index in [1.54, 1.807) is 0 Å². The number of hydrogen-bond donors (Lipinski definition) is 2. The maximum atomic E-state index is 13.1. The number of benzene rings is 2. The van der Waals surface area contributed by atoms with E-state index >= 15 is 0 Å². The summed E-state index contributed by atoms with van der Waals surface area (Å²) in [5.41, 5.74) is 17.0. The molecule has 1 amide bonds. The number of nitrogens with zero attached hydrogens (tertiary/aromatic N) is 2. The lowest BCUT2D eigenvalue weighted by atomic mass is 9.88. The van der Waals surface area contributed by atoms with Gasteiger partial charge >= 0.3 is 0 Å². The van der Waals surface area contributed by atoms with Gasteiger partial charge in [-0.05, 0) is 72.1 Å². The molecule has 0 unspecified atom stereocenters. The van der Waals surface area contributed by atoms with Crippen LogP contribution in [0.15, 0.2) is 66.9 Å². The third-order valence-electron chi connectivity index (χ3n) is 6.16. The average Bonchev–Trinajstić information content (AvgIpc) is 2.83. The predicted molar refractivity (Wildman–Crippen MR) is 125 cm³/mol. The molecule has 3 aromatic rings. The van der Waals surface area contributed by atoms with Crippen LogP contribution in [-0.4, -0.2) is 28.9 Å². The molecule has 5 heteroatoms. The van der Waals surface area contributed by atoms with E-state index in [0.717, 1.165) is 55.5 Å². The number of carbonyl (C=O) groups is 1. The molecule has 4 rings (SSSR count). The molecule has 0 saturated carbocycles. The molecule has 2 heterocycles. The first-order valence-electron chi connectivity index (χ1n) is 11.0. The molecular formula is C26H30N4O. The molecule has 0 bridgehead atoms. The summed E-state index contributed by atoms with van der Waals surface area (Å²) in [6, 6.07) is 20.4. The molecule has 2 aromatic carbocycles. The quantitative estimate of drug-likeness (QED) is 0.640. The van der Waals surface area contributed by atoms with Gasteiger partial charge in [-0.25, -0.2) is 4.98 Å². The maximum Gasteiger partial charge on any atom is 0.253 e. The third kappa shape index (κ3) is 5.30. The lowest BCUT2D eigenvalue weighted by Gasteiger charge is -2.32. The van der Waals surface area contributed by atoms with E-state index in [0.29, 0.717) is 18.3 Å². The zero-order valence-corrected chi connectivity index (χ0v) is 17.8. The summed E-state index contributed by atoms with van der Waals surface area (Å²) in [6.45, 7) is 2.14. The fourth-order valence-corrected chi connectivity index (χ4v) is 4.30. The fraction of sp³-hybridized carbons (Fsp3) is 0.308. The van der Waals surface area contributed by atoms with Crippen LogP contribution in [0.2, 0.25) is 0 Å². The minimum absolute atomic E-state index is 0.130. The second-order valence-electron chi connectivity index (χ2n) is 8.31. The summed E-state index contributed by atoms with van der Waals surface area (Å²) in [6.07, 6.45) is 5.54. The van der Waals surface area contributed by atoms with Crippen molar-refractivity contribution in [1.29, 1.82) is 0 Å². The lowest BCUT2D eigenvalue weighted by Crippen LogP contribution is -2.38. The van der Waals surface area contributed by atoms with Crippen LogP contribution in [0.1, 0.15) is 51.4 Å². The van der Waals surface area contributed by atoms with Crippen LogP contribution >= 0.6 is 0 Å². The van der Waals surface area contributed by atoms with Crippen LogP contribution < -0.4 is 11.5 Å². The van der Waals surface area contributed by atoms with Crippen LogP contribution in [0.25, 0.3) is 0 Å². The standard InChI is InChI=1S/C26H30N4O/c27-17-21-4-2-5-23(16-21)22-11-13-30(14-12-22)26(31)24-6-1-3-19(15-24)7-8-20-9-10-25(28)29-18-20/h1-6,9-10,15-16,18,22H,7-8,11-14,17,27H2,(H2,28,29). The first-order chi connectivity index (χ1) is 15.1. The SMILES string of the molecule is NCc1cccc(C2CCN(C(=O)c3cccc(CCc4ccc(N)nc4)c3)CC2)c1. The van der Waals surface area contributed by atoms with E-state index in [1.165, 1.54) is 11.1 Å². The van der Waals surface area contributed by atoms with Gasteiger partial charge < -0.3 is 16.4 Å². The van der Waals surface area contributed by atoms with Gasteiger partial charge in [0, 0.05) is 31.4 Å². The highest BCUT2D eigenvalue weighted by Crippen LogP contribution is 2.29. The van der Waals surface area contributed by atoms with E-state index in [4.69, 9.17) is 11.5 Å². The van der Waals surface area contributed by atoms with Crippen LogP contribution in [0.3, 0.4) is 0 Å². The van der Waals surface area contributed by atoms with Gasteiger partial charge in [0.25, 0.3) is 5.91 Å². The second-order valence-corrected chi connectivity index (χ2v) is 8.31. The van der Waals surface area contributed by atoms with Gasteiger partial charge in [0.1, 0.15) is 5.82 Å². The van der Waals surface area contributed by atoms with Gasteiger partial charge in [-0.15, -0.1) is 0 Å². The molecular weight excluding hydrogens is 384 g/mol. The first-order valence-corrected chi connectivity index (χ1v) is 11.0. The number of anilines is 1. The lowest BCUT2D eigenvalue weighted by molar-refractivity contribution is 0.0713. The number of nitrogen functional groups attached to an aromatic ring is 1. The number of amides is 1. The Morgan fingerprint density at radius 1 is 0.935 bits per heavy atom. The maximum absolute atomic E-state index is 13.1. The average molecular weight is 415 g/mol. The van der Waals surface area contributed by atoms with Crippen LogP contribution in [-0.2, 0) is 19.4 Å². The Morgan fingerprint density at radius 3 is 2.42 bits per heavy atom. The highest BCUT2D eigenvalue weighted by molar-refractivity contribution is 5.94. The van der Waals surface area contributed by atoms with Crippen molar-refractivity contribution in [2.24, 2.45) is 5.73 Å². The molecule has 4 N–H and O–H groups in total. The number of aryl methyl sites for hydroxylation is 2. The highest BCUT2D eigenvalue weighted by Gasteiger charge is 2.24. The van der Waals surface area contributed by atoms with Crippen molar-refractivity contribution in [3.8, 4) is 0 Å². The number of aromatic nitrogens is 1. The number of rotatable bonds is 6. The summed E-state index contributed by atoms with van der Waals surface area (Å²) >= 11 is 0. The Bertz CT molecular complexity index is 1020. The van der Waals surface area contributed by atoms with Crippen molar-refractivity contribution in [1.82, 2.24) is 9.88 Å². The van der Waals surface area contributed by atoms with Crippen molar-refractivity contribution in [2.45, 2.75) is 38.1 Å². The number of likely N-dealkylation sites (tertiary alicyclic amines) is 1. The van der Waals surface area contributed by atoms with Crippen LogP contribution in [0.5, 0.6) is 0 Å². The molecule has 160 valence electrons. The molecule has 1 aliphatic heterocycles. The van der Waals surface area contributed by atoms with E-state index < -0.39 is 0 Å². The number of piperidine rings is 1. The molecule has 1 aliphatic rings. The Kier molecular flexibility index (Phi) is 6.63.